The van der Waals surface area contributed by atoms with Crippen molar-refractivity contribution in [3.8, 4) is 0 Å². The van der Waals surface area contributed by atoms with E-state index in [0.717, 1.165) is 0 Å². The number of esters is 1. The summed E-state index contributed by atoms with van der Waals surface area (Å²) in [5, 5.41) is 3.24. The molecule has 0 aliphatic rings. The molecule has 0 bridgehead atoms. The minimum atomic E-state index is -0.430. The summed E-state index contributed by atoms with van der Waals surface area (Å²) in [6, 6.07) is 5.78. The topological polar surface area (TPSA) is 77.2 Å². The van der Waals surface area contributed by atoms with E-state index in [1.807, 2.05) is 6.92 Å². The minimum absolute atomic E-state index is 0.0657. The van der Waals surface area contributed by atoms with Crippen LogP contribution in [0, 0.1) is 6.92 Å². The van der Waals surface area contributed by atoms with Gasteiger partial charge in [-0.15, -0.1) is 11.3 Å². The van der Waals surface area contributed by atoms with E-state index in [2.05, 4.69) is 29.4 Å². The maximum absolute atomic E-state index is 11.8. The molecule has 3 N–H and O–H groups in total. The second kappa shape index (κ2) is 6.58. The van der Waals surface area contributed by atoms with Crippen molar-refractivity contribution < 1.29 is 9.53 Å². The van der Waals surface area contributed by atoms with Gasteiger partial charge in [-0.05, 0) is 39.0 Å². The highest BCUT2D eigenvalue weighted by atomic mass is 32.1. The number of rotatable bonds is 5. The standard InChI is InChI=1S/C15H19N3O2S/c1-4-20-15(19)11-7-8-17-14(13(11)16)18-10(3)12-6-5-9(2)21-12/h5-8,10H,4,16H2,1-3H3,(H,17,18). The number of aromatic nitrogens is 1. The average molecular weight is 305 g/mol. The van der Waals surface area contributed by atoms with E-state index in [0.29, 0.717) is 23.7 Å². The van der Waals surface area contributed by atoms with Crippen LogP contribution in [0.15, 0.2) is 24.4 Å². The number of pyridine rings is 1. The fraction of sp³-hybridized carbons (Fsp3) is 0.333. The molecule has 0 spiro atoms. The molecule has 0 saturated carbocycles. The van der Waals surface area contributed by atoms with Gasteiger partial charge in [-0.2, -0.15) is 0 Å². The summed E-state index contributed by atoms with van der Waals surface area (Å²) in [6.07, 6.45) is 1.55. The third-order valence-electron chi connectivity index (χ3n) is 3.03. The summed E-state index contributed by atoms with van der Waals surface area (Å²) in [5.74, 6) is 0.0687. The van der Waals surface area contributed by atoms with E-state index in [9.17, 15) is 4.79 Å². The van der Waals surface area contributed by atoms with Crippen LogP contribution in [-0.4, -0.2) is 17.6 Å². The third kappa shape index (κ3) is 3.52. The van der Waals surface area contributed by atoms with Crippen molar-refractivity contribution >= 4 is 28.8 Å². The van der Waals surface area contributed by atoms with Crippen LogP contribution in [0.4, 0.5) is 11.5 Å². The van der Waals surface area contributed by atoms with Crippen LogP contribution in [0.5, 0.6) is 0 Å². The molecule has 6 heteroatoms. The number of nitrogens with two attached hydrogens (primary N) is 1. The molecule has 1 atom stereocenters. The predicted molar refractivity (Wildman–Crippen MR) is 85.7 cm³/mol. The first-order valence-electron chi connectivity index (χ1n) is 6.77. The van der Waals surface area contributed by atoms with Crippen LogP contribution in [0.2, 0.25) is 0 Å². The van der Waals surface area contributed by atoms with Gasteiger partial charge < -0.3 is 15.8 Å². The van der Waals surface area contributed by atoms with Gasteiger partial charge in [0.25, 0.3) is 0 Å². The monoisotopic (exact) mass is 305 g/mol. The SMILES string of the molecule is CCOC(=O)c1ccnc(NC(C)c2ccc(C)s2)c1N. The predicted octanol–water partition coefficient (Wildman–Crippen LogP) is 3.38. The number of hydrogen-bond acceptors (Lipinski definition) is 6. The third-order valence-corrected chi connectivity index (χ3v) is 4.21. The first-order chi connectivity index (χ1) is 10.0. The molecular formula is C15H19N3O2S. The number of thiophene rings is 1. The number of carbonyl (C=O) groups excluding carboxylic acids is 1. The number of nitrogens with one attached hydrogen (secondary N) is 1. The average Bonchev–Trinajstić information content (AvgIpc) is 2.88. The van der Waals surface area contributed by atoms with Crippen molar-refractivity contribution in [1.29, 1.82) is 0 Å². The smallest absolute Gasteiger partial charge is 0.340 e. The molecule has 21 heavy (non-hydrogen) atoms. The zero-order valence-corrected chi connectivity index (χ0v) is 13.2. The number of ether oxygens (including phenoxy) is 1. The van der Waals surface area contributed by atoms with Gasteiger partial charge in [-0.1, -0.05) is 0 Å². The molecule has 5 nitrogen and oxygen atoms in total. The van der Waals surface area contributed by atoms with Crippen molar-refractivity contribution in [2.45, 2.75) is 26.8 Å². The number of carbonyl (C=O) groups is 1. The Kier molecular flexibility index (Phi) is 4.80. The van der Waals surface area contributed by atoms with Gasteiger partial charge >= 0.3 is 5.97 Å². The summed E-state index contributed by atoms with van der Waals surface area (Å²) >= 11 is 1.72. The first kappa shape index (κ1) is 15.3. The Bertz CT molecular complexity index is 640. The molecule has 0 saturated heterocycles. The van der Waals surface area contributed by atoms with Gasteiger partial charge in [0.15, 0.2) is 5.82 Å². The van der Waals surface area contributed by atoms with E-state index in [1.54, 1.807) is 30.5 Å². The minimum Gasteiger partial charge on any atom is -0.462 e. The number of anilines is 2. The van der Waals surface area contributed by atoms with Crippen LogP contribution in [0.3, 0.4) is 0 Å². The highest BCUT2D eigenvalue weighted by Gasteiger charge is 2.16. The van der Waals surface area contributed by atoms with Crippen LogP contribution < -0.4 is 11.1 Å². The molecule has 0 aliphatic heterocycles. The summed E-state index contributed by atoms with van der Waals surface area (Å²) in [5.41, 5.74) is 6.68. The first-order valence-corrected chi connectivity index (χ1v) is 7.59. The molecule has 2 aromatic heterocycles. The van der Waals surface area contributed by atoms with Gasteiger partial charge in [0.2, 0.25) is 0 Å². The highest BCUT2D eigenvalue weighted by molar-refractivity contribution is 7.12. The summed E-state index contributed by atoms with van der Waals surface area (Å²) in [4.78, 5) is 18.5. The largest absolute Gasteiger partial charge is 0.462 e. The van der Waals surface area contributed by atoms with E-state index in [-0.39, 0.29) is 6.04 Å². The fourth-order valence-corrected chi connectivity index (χ4v) is 2.82. The number of hydrogen-bond donors (Lipinski definition) is 2. The molecule has 112 valence electrons. The molecule has 0 aromatic carbocycles. The van der Waals surface area contributed by atoms with Gasteiger partial charge in [-0.25, -0.2) is 9.78 Å². The van der Waals surface area contributed by atoms with Gasteiger partial charge in [0.05, 0.1) is 23.9 Å². The van der Waals surface area contributed by atoms with Crippen molar-refractivity contribution in [3.63, 3.8) is 0 Å². The molecule has 1 unspecified atom stereocenters. The Labute approximate surface area is 128 Å². The quantitative estimate of drug-likeness (QED) is 0.828. The lowest BCUT2D eigenvalue weighted by molar-refractivity contribution is 0.0527. The van der Waals surface area contributed by atoms with Crippen LogP contribution in [0.1, 0.15) is 40.0 Å². The summed E-state index contributed by atoms with van der Waals surface area (Å²) in [6.45, 7) is 6.17. The number of nitrogen functional groups attached to an aromatic ring is 1. The van der Waals surface area contributed by atoms with Gasteiger partial charge in [0, 0.05) is 16.0 Å². The molecule has 0 aliphatic carbocycles. The molecule has 0 radical (unpaired) electrons. The molecule has 0 fully saturated rings. The Morgan fingerprint density at radius 1 is 1.48 bits per heavy atom. The maximum atomic E-state index is 11.8. The Hall–Kier alpha value is -2.08. The number of aryl methyl sites for hydroxylation is 1. The van der Waals surface area contributed by atoms with Crippen LogP contribution >= 0.6 is 11.3 Å². The van der Waals surface area contributed by atoms with E-state index in [4.69, 9.17) is 10.5 Å². The van der Waals surface area contributed by atoms with Crippen molar-refractivity contribution in [2.24, 2.45) is 0 Å². The Morgan fingerprint density at radius 3 is 2.86 bits per heavy atom. The number of nitrogens with zero attached hydrogens (tertiary/aromatic N) is 1. The normalized spacial score (nSPS) is 12.0. The molecule has 2 rings (SSSR count). The maximum Gasteiger partial charge on any atom is 0.340 e. The zero-order valence-electron chi connectivity index (χ0n) is 12.3. The van der Waals surface area contributed by atoms with E-state index in [1.165, 1.54) is 9.75 Å². The van der Waals surface area contributed by atoms with Crippen LogP contribution in [-0.2, 0) is 4.74 Å². The summed E-state index contributed by atoms with van der Waals surface area (Å²) < 4.78 is 4.98. The van der Waals surface area contributed by atoms with Crippen molar-refractivity contribution in [1.82, 2.24) is 4.98 Å². The Morgan fingerprint density at radius 2 is 2.24 bits per heavy atom. The van der Waals surface area contributed by atoms with Gasteiger partial charge in [0.1, 0.15) is 0 Å². The summed E-state index contributed by atoms with van der Waals surface area (Å²) in [7, 11) is 0. The second-order valence-corrected chi connectivity index (χ2v) is 5.98. The highest BCUT2D eigenvalue weighted by Crippen LogP contribution is 2.28. The Balaban J connectivity index is 2.20. The second-order valence-electron chi connectivity index (χ2n) is 4.66. The molecular weight excluding hydrogens is 286 g/mol. The zero-order chi connectivity index (χ0) is 15.4. The van der Waals surface area contributed by atoms with Crippen molar-refractivity contribution in [2.75, 3.05) is 17.7 Å². The van der Waals surface area contributed by atoms with Crippen molar-refractivity contribution in [3.05, 3.63) is 39.7 Å². The molecule has 2 heterocycles. The fourth-order valence-electron chi connectivity index (χ4n) is 1.94. The molecule has 0 amide bonds. The van der Waals surface area contributed by atoms with Gasteiger partial charge in [-0.3, -0.25) is 0 Å². The van der Waals surface area contributed by atoms with Crippen LogP contribution in [0.25, 0.3) is 0 Å². The van der Waals surface area contributed by atoms with E-state index >= 15 is 0 Å². The lowest BCUT2D eigenvalue weighted by Gasteiger charge is -2.16. The lowest BCUT2D eigenvalue weighted by Crippen LogP contribution is -2.13. The molecule has 2 aromatic rings. The lowest BCUT2D eigenvalue weighted by atomic mass is 10.2. The van der Waals surface area contributed by atoms with E-state index < -0.39 is 5.97 Å².